The number of piperidine rings is 1. The van der Waals surface area contributed by atoms with E-state index in [1.165, 1.54) is 0 Å². The van der Waals surface area contributed by atoms with E-state index in [9.17, 15) is 9.59 Å². The van der Waals surface area contributed by atoms with Crippen LogP contribution in [0.15, 0.2) is 41.0 Å². The summed E-state index contributed by atoms with van der Waals surface area (Å²) in [6.07, 6.45) is 3.14. The molecule has 0 N–H and O–H groups in total. The molecule has 1 amide bonds. The number of hydrogen-bond acceptors (Lipinski definition) is 5. The highest BCUT2D eigenvalue weighted by molar-refractivity contribution is 9.10. The maximum Gasteiger partial charge on any atom is 0.309 e. The molecule has 2 bridgehead atoms. The van der Waals surface area contributed by atoms with E-state index in [1.807, 2.05) is 35.2 Å². The summed E-state index contributed by atoms with van der Waals surface area (Å²) in [5.74, 6) is -0.380. The van der Waals surface area contributed by atoms with Crippen LogP contribution in [-0.4, -0.2) is 53.3 Å². The zero-order valence-electron chi connectivity index (χ0n) is 20.2. The minimum atomic E-state index is -1.15. The van der Waals surface area contributed by atoms with Gasteiger partial charge in [-0.15, -0.1) is 0 Å². The van der Waals surface area contributed by atoms with Gasteiger partial charge in [0, 0.05) is 32.8 Å². The first kappa shape index (κ1) is 25.1. The fraction of sp³-hybridized carbons (Fsp3) is 0.560. The van der Waals surface area contributed by atoms with Crippen LogP contribution in [0, 0.1) is 5.92 Å². The number of nitrogens with zero attached hydrogens (tertiary/aromatic N) is 3. The van der Waals surface area contributed by atoms with Crippen molar-refractivity contribution >= 4 is 35.9 Å². The van der Waals surface area contributed by atoms with Gasteiger partial charge in [0.2, 0.25) is 0 Å². The van der Waals surface area contributed by atoms with Gasteiger partial charge >= 0.3 is 5.97 Å². The van der Waals surface area contributed by atoms with E-state index in [-0.39, 0.29) is 29.9 Å². The summed E-state index contributed by atoms with van der Waals surface area (Å²) in [4.78, 5) is 28.0. The average Bonchev–Trinajstić information content (AvgIpc) is 3.30. The maximum atomic E-state index is 13.4. The number of fused-ring (bicyclic) bond motifs is 2. The molecule has 2 saturated heterocycles. The topological polar surface area (TPSA) is 73.7 Å². The molecule has 2 fully saturated rings. The SMILES string of the molecule is C[Si](C)(C)CCOCn1nc(C(=O)N2[C@@H]3CC[C@H]2C[C@H](C(=O)OCc2ccccc2)C3)cc1Br. The predicted octanol–water partition coefficient (Wildman–Crippen LogP) is 5.08. The highest BCUT2D eigenvalue weighted by atomic mass is 79.9. The number of amides is 1. The lowest BCUT2D eigenvalue weighted by atomic mass is 9.90. The smallest absolute Gasteiger partial charge is 0.309 e. The number of rotatable bonds is 9. The molecule has 3 atom stereocenters. The van der Waals surface area contributed by atoms with Gasteiger partial charge in [0.05, 0.1) is 5.92 Å². The van der Waals surface area contributed by atoms with Crippen LogP contribution in [0.3, 0.4) is 0 Å². The third kappa shape index (κ3) is 6.17. The number of carbonyl (C=O) groups is 2. The van der Waals surface area contributed by atoms with Gasteiger partial charge < -0.3 is 14.4 Å². The molecular formula is C25H34BrN3O4Si. The molecule has 2 aromatic rings. The summed E-state index contributed by atoms with van der Waals surface area (Å²) in [5, 5.41) is 4.51. The quantitative estimate of drug-likeness (QED) is 0.248. The number of hydrogen-bond donors (Lipinski definition) is 0. The van der Waals surface area contributed by atoms with Crippen molar-refractivity contribution in [3.8, 4) is 0 Å². The highest BCUT2D eigenvalue weighted by Gasteiger charge is 2.46. The molecule has 0 aliphatic carbocycles. The van der Waals surface area contributed by atoms with E-state index in [0.717, 1.165) is 29.1 Å². The second kappa shape index (κ2) is 10.7. The Morgan fingerprint density at radius 2 is 1.79 bits per heavy atom. The van der Waals surface area contributed by atoms with Gasteiger partial charge in [-0.3, -0.25) is 9.59 Å². The lowest BCUT2D eigenvalue weighted by molar-refractivity contribution is -0.152. The van der Waals surface area contributed by atoms with Gasteiger partial charge in [-0.2, -0.15) is 5.10 Å². The summed E-state index contributed by atoms with van der Waals surface area (Å²) in [6.45, 7) is 8.26. The maximum absolute atomic E-state index is 13.4. The molecule has 1 aromatic carbocycles. The molecule has 0 unspecified atom stereocenters. The number of carbonyl (C=O) groups excluding carboxylic acids is 2. The Kier molecular flexibility index (Phi) is 7.94. The predicted molar refractivity (Wildman–Crippen MR) is 136 cm³/mol. The molecule has 0 spiro atoms. The molecule has 2 aliphatic heterocycles. The minimum Gasteiger partial charge on any atom is -0.461 e. The fourth-order valence-corrected chi connectivity index (χ4v) is 5.95. The van der Waals surface area contributed by atoms with Crippen LogP contribution in [0.25, 0.3) is 0 Å². The molecule has 34 heavy (non-hydrogen) atoms. The fourth-order valence-electron chi connectivity index (χ4n) is 4.80. The van der Waals surface area contributed by atoms with Crippen LogP contribution in [0.1, 0.15) is 41.7 Å². The number of esters is 1. The molecule has 9 heteroatoms. The van der Waals surface area contributed by atoms with Crippen LogP contribution in [0.4, 0.5) is 0 Å². The lowest BCUT2D eigenvalue weighted by Crippen LogP contribution is -2.48. The van der Waals surface area contributed by atoms with E-state index >= 15 is 0 Å². The third-order valence-corrected chi connectivity index (χ3v) is 9.03. The second-order valence-corrected chi connectivity index (χ2v) is 17.0. The van der Waals surface area contributed by atoms with Crippen LogP contribution in [-0.2, 0) is 27.6 Å². The van der Waals surface area contributed by atoms with Crippen LogP contribution < -0.4 is 0 Å². The Bertz CT molecular complexity index is 993. The third-order valence-electron chi connectivity index (χ3n) is 6.68. The van der Waals surface area contributed by atoms with Crippen molar-refractivity contribution in [1.29, 1.82) is 0 Å². The van der Waals surface area contributed by atoms with E-state index in [0.29, 0.717) is 38.5 Å². The number of aromatic nitrogens is 2. The molecule has 184 valence electrons. The van der Waals surface area contributed by atoms with Crippen molar-refractivity contribution in [3.63, 3.8) is 0 Å². The van der Waals surface area contributed by atoms with Crippen molar-refractivity contribution in [2.75, 3.05) is 6.61 Å². The molecule has 0 saturated carbocycles. The van der Waals surface area contributed by atoms with Gasteiger partial charge in [0.15, 0.2) is 5.69 Å². The Balaban J connectivity index is 1.32. The summed E-state index contributed by atoms with van der Waals surface area (Å²) in [6, 6.07) is 12.7. The van der Waals surface area contributed by atoms with Crippen molar-refractivity contribution in [2.45, 2.75) is 76.8 Å². The molecule has 1 aromatic heterocycles. The zero-order chi connectivity index (χ0) is 24.3. The summed E-state index contributed by atoms with van der Waals surface area (Å²) < 4.78 is 13.8. The zero-order valence-corrected chi connectivity index (χ0v) is 22.8. The van der Waals surface area contributed by atoms with Crippen molar-refractivity contribution in [3.05, 3.63) is 52.3 Å². The molecule has 0 radical (unpaired) electrons. The Morgan fingerprint density at radius 3 is 2.44 bits per heavy atom. The molecular weight excluding hydrogens is 514 g/mol. The van der Waals surface area contributed by atoms with Gasteiger partial charge in [-0.05, 0) is 53.2 Å². The van der Waals surface area contributed by atoms with Crippen LogP contribution in [0.2, 0.25) is 25.7 Å². The Morgan fingerprint density at radius 1 is 1.12 bits per heavy atom. The van der Waals surface area contributed by atoms with Crippen LogP contribution >= 0.6 is 15.9 Å². The van der Waals surface area contributed by atoms with Gasteiger partial charge in [-0.25, -0.2) is 4.68 Å². The Hall–Kier alpha value is -1.97. The lowest BCUT2D eigenvalue weighted by Gasteiger charge is -2.37. The number of benzene rings is 1. The van der Waals surface area contributed by atoms with Crippen molar-refractivity contribution < 1.29 is 19.1 Å². The highest BCUT2D eigenvalue weighted by Crippen LogP contribution is 2.40. The van der Waals surface area contributed by atoms with E-state index in [4.69, 9.17) is 9.47 Å². The molecule has 7 nitrogen and oxygen atoms in total. The average molecular weight is 549 g/mol. The first-order valence-electron chi connectivity index (χ1n) is 12.1. The summed E-state index contributed by atoms with van der Waals surface area (Å²) in [5.41, 5.74) is 1.40. The second-order valence-electron chi connectivity index (χ2n) is 10.6. The van der Waals surface area contributed by atoms with Crippen LogP contribution in [0.5, 0.6) is 0 Å². The Labute approximate surface area is 210 Å². The van der Waals surface area contributed by atoms with Crippen molar-refractivity contribution in [2.24, 2.45) is 5.92 Å². The van der Waals surface area contributed by atoms with Gasteiger partial charge in [0.25, 0.3) is 5.91 Å². The van der Waals surface area contributed by atoms with Gasteiger partial charge in [0.1, 0.15) is 17.9 Å². The molecule has 3 heterocycles. The minimum absolute atomic E-state index is 0.0532. The standard InChI is InChI=1S/C25H34BrN3O4Si/c1-34(2,3)12-11-32-17-28-23(26)15-22(27-28)24(30)29-20-9-10-21(29)14-19(13-20)25(31)33-16-18-7-5-4-6-8-18/h4-8,15,19-21H,9-14,16-17H2,1-3H3/t19-,20-,21+. The number of halogens is 1. The van der Waals surface area contributed by atoms with E-state index < -0.39 is 8.07 Å². The molecule has 2 aliphatic rings. The summed E-state index contributed by atoms with van der Waals surface area (Å²) in [7, 11) is -1.15. The first-order valence-corrected chi connectivity index (χ1v) is 16.6. The van der Waals surface area contributed by atoms with Crippen molar-refractivity contribution in [1.82, 2.24) is 14.7 Å². The summed E-state index contributed by atoms with van der Waals surface area (Å²) >= 11 is 3.51. The van der Waals surface area contributed by atoms with E-state index in [2.05, 4.69) is 40.7 Å². The van der Waals surface area contributed by atoms with E-state index in [1.54, 1.807) is 10.7 Å². The normalized spacial score (nSPS) is 22.1. The first-order chi connectivity index (χ1) is 16.2. The monoisotopic (exact) mass is 547 g/mol. The largest absolute Gasteiger partial charge is 0.461 e. The van der Waals surface area contributed by atoms with Gasteiger partial charge in [-0.1, -0.05) is 50.0 Å². The number of ether oxygens (including phenoxy) is 2. The molecule has 4 rings (SSSR count).